The molecule has 0 saturated heterocycles. The number of halogens is 3. The van der Waals surface area contributed by atoms with Crippen LogP contribution >= 0.6 is 7.26 Å². The molecule has 0 aromatic carbocycles. The SMILES string of the molecule is C[P+](C)(C)C.[F-].[F-].[F-].[H+].[H+]. The van der Waals surface area contributed by atoms with E-state index < -0.39 is 0 Å². The van der Waals surface area contributed by atoms with Gasteiger partial charge in [0.05, 0.1) is 0 Å². The second-order valence-corrected chi connectivity index (χ2v) is 8.05. The van der Waals surface area contributed by atoms with Crippen LogP contribution in [0.1, 0.15) is 2.85 Å². The van der Waals surface area contributed by atoms with Crippen molar-refractivity contribution in [2.45, 2.75) is 0 Å². The molecule has 0 saturated carbocycles. The topological polar surface area (TPSA) is 0 Å². The summed E-state index contributed by atoms with van der Waals surface area (Å²) in [5.41, 5.74) is 0. The molecule has 0 nitrogen and oxygen atoms in total. The summed E-state index contributed by atoms with van der Waals surface area (Å²) in [6.45, 7) is 9.19. The van der Waals surface area contributed by atoms with Gasteiger partial charge in [-0.1, -0.05) is 0 Å². The van der Waals surface area contributed by atoms with E-state index in [9.17, 15) is 0 Å². The molecule has 4 heteroatoms. The van der Waals surface area contributed by atoms with Crippen LogP contribution in [-0.4, -0.2) is 26.7 Å². The molecular formula is C4H14F3P. The van der Waals surface area contributed by atoms with Crippen LogP contribution in [0, 0.1) is 0 Å². The molecular weight excluding hydrogens is 136 g/mol. The maximum absolute atomic E-state index is 2.30. The van der Waals surface area contributed by atoms with E-state index in [0.29, 0.717) is 0 Å². The molecule has 0 aliphatic rings. The van der Waals surface area contributed by atoms with E-state index in [0.717, 1.165) is 0 Å². The van der Waals surface area contributed by atoms with Gasteiger partial charge in [0.25, 0.3) is 0 Å². The van der Waals surface area contributed by atoms with Crippen LogP contribution in [0.15, 0.2) is 0 Å². The molecule has 0 spiro atoms. The van der Waals surface area contributed by atoms with Gasteiger partial charge >= 0.3 is 2.85 Å². The molecule has 0 rings (SSSR count). The lowest BCUT2D eigenvalue weighted by Crippen LogP contribution is -3.00. The van der Waals surface area contributed by atoms with Gasteiger partial charge in [-0.25, -0.2) is 0 Å². The first-order valence-electron chi connectivity index (χ1n) is 1.79. The highest BCUT2D eigenvalue weighted by Crippen LogP contribution is 2.40. The van der Waals surface area contributed by atoms with E-state index >= 15 is 0 Å². The van der Waals surface area contributed by atoms with Gasteiger partial charge in [0.2, 0.25) is 0 Å². The molecule has 0 fully saturated rings. The van der Waals surface area contributed by atoms with Gasteiger partial charge in [0.1, 0.15) is 0 Å². The highest BCUT2D eigenvalue weighted by molar-refractivity contribution is 7.72. The zero-order valence-electron chi connectivity index (χ0n) is 7.58. The van der Waals surface area contributed by atoms with Crippen LogP contribution in [0.2, 0.25) is 0 Å². The fourth-order valence-electron chi connectivity index (χ4n) is 0. The number of rotatable bonds is 0. The van der Waals surface area contributed by atoms with Crippen molar-refractivity contribution >= 4 is 7.26 Å². The summed E-state index contributed by atoms with van der Waals surface area (Å²) in [7, 11) is -0.389. The number of hydrogen-bond acceptors (Lipinski definition) is 0. The first-order valence-corrected chi connectivity index (χ1v) is 5.37. The lowest BCUT2D eigenvalue weighted by atomic mass is 11.8. The standard InChI is InChI=1S/C4H12P.3FH/c1-5(2,3)4;;;/h1-4H3;3*1H/q+1;;;/p-1. The second-order valence-electron chi connectivity index (χ2n) is 2.68. The normalized spacial score (nSPS) is 7.50. The molecule has 0 amide bonds. The van der Waals surface area contributed by atoms with Crippen molar-refractivity contribution in [1.82, 2.24) is 0 Å². The van der Waals surface area contributed by atoms with E-state index in [-0.39, 0.29) is 24.2 Å². The largest absolute Gasteiger partial charge is 1.00 e. The first kappa shape index (κ1) is 24.1. The molecule has 0 aliphatic heterocycles. The molecule has 0 aromatic heterocycles. The Bertz CT molecular complexity index is 34.0. The van der Waals surface area contributed by atoms with Crippen LogP contribution in [-0.2, 0) is 0 Å². The molecule has 0 N–H and O–H groups in total. The van der Waals surface area contributed by atoms with Crippen molar-refractivity contribution in [2.24, 2.45) is 0 Å². The Kier molecular flexibility index (Phi) is 21.7. The van der Waals surface area contributed by atoms with Gasteiger partial charge < -0.3 is 14.1 Å². The lowest BCUT2D eigenvalue weighted by molar-refractivity contribution is -0.00100. The van der Waals surface area contributed by atoms with E-state index in [2.05, 4.69) is 26.7 Å². The van der Waals surface area contributed by atoms with Gasteiger partial charge in [-0.3, -0.25) is 0 Å². The predicted molar refractivity (Wildman–Crippen MR) is 32.8 cm³/mol. The molecule has 0 heterocycles. The van der Waals surface area contributed by atoms with Gasteiger partial charge in [-0.05, 0) is 0 Å². The van der Waals surface area contributed by atoms with Gasteiger partial charge in [0, 0.05) is 33.9 Å². The van der Waals surface area contributed by atoms with Gasteiger partial charge in [0.15, 0.2) is 0 Å². The third-order valence-corrected chi connectivity index (χ3v) is 0. The van der Waals surface area contributed by atoms with Crippen molar-refractivity contribution in [3.63, 3.8) is 0 Å². The Balaban J connectivity index is -0.00000000800. The predicted octanol–water partition coefficient (Wildman–Crippen LogP) is -7.24. The summed E-state index contributed by atoms with van der Waals surface area (Å²) >= 11 is 0. The van der Waals surface area contributed by atoms with Crippen molar-refractivity contribution in [2.75, 3.05) is 26.7 Å². The lowest BCUT2D eigenvalue weighted by Gasteiger charge is -1.97. The molecule has 8 heavy (non-hydrogen) atoms. The van der Waals surface area contributed by atoms with E-state index in [4.69, 9.17) is 0 Å². The summed E-state index contributed by atoms with van der Waals surface area (Å²) in [5.74, 6) is 0. The Morgan fingerprint density at radius 2 is 0.750 bits per heavy atom. The van der Waals surface area contributed by atoms with Gasteiger partial charge in [-0.15, -0.1) is 0 Å². The third kappa shape index (κ3) is 3500. The van der Waals surface area contributed by atoms with E-state index in [1.54, 1.807) is 0 Å². The van der Waals surface area contributed by atoms with Crippen molar-refractivity contribution < 1.29 is 17.0 Å². The highest BCUT2D eigenvalue weighted by atomic mass is 31.2. The Morgan fingerprint density at radius 1 is 0.750 bits per heavy atom. The average molecular weight is 150 g/mol. The fourth-order valence-corrected chi connectivity index (χ4v) is 0. The quantitative estimate of drug-likeness (QED) is 0.301. The summed E-state index contributed by atoms with van der Waals surface area (Å²) in [4.78, 5) is 0. The minimum atomic E-state index is -0.389. The maximum Gasteiger partial charge on any atom is 1.00 e. The first-order chi connectivity index (χ1) is 2.00. The summed E-state index contributed by atoms with van der Waals surface area (Å²) < 4.78 is 0. The average Bonchev–Trinajstić information content (AvgIpc) is 0.722. The Morgan fingerprint density at radius 3 is 0.750 bits per heavy atom. The maximum atomic E-state index is 2.30. The third-order valence-electron chi connectivity index (χ3n) is 0. The van der Waals surface area contributed by atoms with Crippen LogP contribution in [0.4, 0.5) is 0 Å². The van der Waals surface area contributed by atoms with Crippen molar-refractivity contribution in [1.29, 1.82) is 0 Å². The van der Waals surface area contributed by atoms with Crippen LogP contribution in [0.3, 0.4) is 0 Å². The Hall–Kier alpha value is 0.220. The smallest absolute Gasteiger partial charge is 1.00 e. The molecule has 0 bridgehead atoms. The monoisotopic (exact) mass is 150 g/mol. The van der Waals surface area contributed by atoms with Crippen molar-refractivity contribution in [3.05, 3.63) is 0 Å². The zero-order chi connectivity index (χ0) is 4.50. The van der Waals surface area contributed by atoms with Gasteiger partial charge in [-0.2, -0.15) is 0 Å². The molecule has 0 aromatic rings. The molecule has 0 radical (unpaired) electrons. The number of hydrogen-bond donors (Lipinski definition) is 0. The van der Waals surface area contributed by atoms with Crippen LogP contribution < -0.4 is 14.1 Å². The minimum absolute atomic E-state index is 0. The molecule has 0 atom stereocenters. The molecule has 0 unspecified atom stereocenters. The van der Waals surface area contributed by atoms with E-state index in [1.807, 2.05) is 0 Å². The van der Waals surface area contributed by atoms with Crippen LogP contribution in [0.5, 0.6) is 0 Å². The molecule has 56 valence electrons. The Labute approximate surface area is 52.1 Å². The van der Waals surface area contributed by atoms with Crippen molar-refractivity contribution in [3.8, 4) is 0 Å². The molecule has 0 aliphatic carbocycles. The minimum Gasteiger partial charge on any atom is -1.00 e. The highest BCUT2D eigenvalue weighted by Gasteiger charge is 2.03. The zero-order valence-corrected chi connectivity index (χ0v) is 6.48. The summed E-state index contributed by atoms with van der Waals surface area (Å²) in [5, 5.41) is 0. The second kappa shape index (κ2) is 7.22. The summed E-state index contributed by atoms with van der Waals surface area (Å²) in [6.07, 6.45) is 0. The van der Waals surface area contributed by atoms with E-state index in [1.165, 1.54) is 0 Å². The fraction of sp³-hybridized carbons (Fsp3) is 1.00. The van der Waals surface area contributed by atoms with Crippen LogP contribution in [0.25, 0.3) is 0 Å². The summed E-state index contributed by atoms with van der Waals surface area (Å²) in [6, 6.07) is 0.